The number of benzene rings is 1. The maximum absolute atomic E-state index is 11.9. The first-order valence-electron chi connectivity index (χ1n) is 6.95. The summed E-state index contributed by atoms with van der Waals surface area (Å²) in [6, 6.07) is 6.77. The monoisotopic (exact) mass is 347 g/mol. The van der Waals surface area contributed by atoms with Gasteiger partial charge in [-0.2, -0.15) is 5.10 Å². The molecule has 0 bridgehead atoms. The second-order valence-corrected chi connectivity index (χ2v) is 5.64. The van der Waals surface area contributed by atoms with Gasteiger partial charge in [0.2, 0.25) is 0 Å². The zero-order valence-electron chi connectivity index (χ0n) is 13.5. The first-order chi connectivity index (χ1) is 11.5. The Morgan fingerprint density at radius 2 is 1.96 bits per heavy atom. The highest BCUT2D eigenvalue weighted by Crippen LogP contribution is 2.28. The molecule has 7 nitrogen and oxygen atoms in total. The zero-order valence-corrected chi connectivity index (χ0v) is 14.3. The van der Waals surface area contributed by atoms with E-state index in [0.29, 0.717) is 17.2 Å². The maximum Gasteiger partial charge on any atom is 0.329 e. The van der Waals surface area contributed by atoms with Crippen LogP contribution in [0, 0.1) is 6.92 Å². The Kier molecular flexibility index (Phi) is 5.91. The molecule has 0 atom stereocenters. The van der Waals surface area contributed by atoms with Gasteiger partial charge in [0.15, 0.2) is 0 Å². The van der Waals surface area contributed by atoms with E-state index in [1.807, 2.05) is 18.4 Å². The number of thiophene rings is 1. The van der Waals surface area contributed by atoms with Gasteiger partial charge < -0.3 is 14.8 Å². The van der Waals surface area contributed by atoms with E-state index >= 15 is 0 Å². The molecule has 0 spiro atoms. The number of hydrogen-bond acceptors (Lipinski definition) is 6. The van der Waals surface area contributed by atoms with Crippen molar-refractivity contribution in [1.82, 2.24) is 5.43 Å². The molecule has 0 aliphatic rings. The summed E-state index contributed by atoms with van der Waals surface area (Å²) < 4.78 is 10.2. The molecule has 2 rings (SSSR count). The van der Waals surface area contributed by atoms with Crippen molar-refractivity contribution >= 4 is 35.1 Å². The molecule has 0 aliphatic heterocycles. The Morgan fingerprint density at radius 3 is 2.58 bits per heavy atom. The summed E-state index contributed by atoms with van der Waals surface area (Å²) in [6.07, 6.45) is 1.50. The second-order valence-electron chi connectivity index (χ2n) is 4.69. The van der Waals surface area contributed by atoms with Crippen molar-refractivity contribution in [3.8, 4) is 11.5 Å². The number of anilines is 1. The second kappa shape index (κ2) is 8.11. The fourth-order valence-electron chi connectivity index (χ4n) is 1.80. The summed E-state index contributed by atoms with van der Waals surface area (Å²) in [5.41, 5.74) is 3.59. The molecule has 1 aromatic heterocycles. The van der Waals surface area contributed by atoms with Gasteiger partial charge in [0.25, 0.3) is 0 Å². The molecule has 1 aromatic carbocycles. The smallest absolute Gasteiger partial charge is 0.329 e. The van der Waals surface area contributed by atoms with Crippen LogP contribution in [0.15, 0.2) is 34.7 Å². The van der Waals surface area contributed by atoms with E-state index in [1.165, 1.54) is 31.8 Å². The lowest BCUT2D eigenvalue weighted by Crippen LogP contribution is -2.32. The highest BCUT2D eigenvalue weighted by atomic mass is 32.1. The van der Waals surface area contributed by atoms with Crippen LogP contribution in [-0.2, 0) is 9.59 Å². The van der Waals surface area contributed by atoms with Crippen LogP contribution in [0.5, 0.6) is 11.5 Å². The van der Waals surface area contributed by atoms with Crippen LogP contribution < -0.4 is 20.2 Å². The minimum absolute atomic E-state index is 0.358. The number of carbonyl (C=O) groups is 2. The number of nitrogens with one attached hydrogen (secondary N) is 2. The largest absolute Gasteiger partial charge is 0.497 e. The third-order valence-corrected chi connectivity index (χ3v) is 4.07. The summed E-state index contributed by atoms with van der Waals surface area (Å²) in [7, 11) is 2.98. The number of hydrogen-bond donors (Lipinski definition) is 2. The molecule has 0 saturated carbocycles. The highest BCUT2D eigenvalue weighted by Gasteiger charge is 2.15. The lowest BCUT2D eigenvalue weighted by Gasteiger charge is -2.10. The highest BCUT2D eigenvalue weighted by molar-refractivity contribution is 7.11. The van der Waals surface area contributed by atoms with Crippen LogP contribution in [0.4, 0.5) is 5.69 Å². The number of methoxy groups -OCH3 is 2. The molecule has 1 heterocycles. The number of aryl methyl sites for hydroxylation is 1. The molecule has 0 fully saturated rings. The van der Waals surface area contributed by atoms with Crippen LogP contribution in [-0.4, -0.2) is 32.2 Å². The van der Waals surface area contributed by atoms with E-state index in [2.05, 4.69) is 15.8 Å². The molecule has 2 aromatic rings. The van der Waals surface area contributed by atoms with Crippen LogP contribution in [0.25, 0.3) is 0 Å². The Morgan fingerprint density at radius 1 is 1.17 bits per heavy atom. The minimum Gasteiger partial charge on any atom is -0.497 e. The molecule has 8 heteroatoms. The van der Waals surface area contributed by atoms with E-state index in [9.17, 15) is 9.59 Å². The molecular formula is C16H17N3O4S. The van der Waals surface area contributed by atoms with E-state index < -0.39 is 11.8 Å². The lowest BCUT2D eigenvalue weighted by atomic mass is 10.2. The average Bonchev–Trinajstić information content (AvgIpc) is 3.00. The van der Waals surface area contributed by atoms with E-state index in [0.717, 1.165) is 10.4 Å². The van der Waals surface area contributed by atoms with Crippen molar-refractivity contribution in [2.24, 2.45) is 5.10 Å². The van der Waals surface area contributed by atoms with Gasteiger partial charge in [-0.05, 0) is 36.1 Å². The van der Waals surface area contributed by atoms with Gasteiger partial charge in [0, 0.05) is 10.9 Å². The van der Waals surface area contributed by atoms with Crippen LogP contribution >= 0.6 is 11.3 Å². The van der Waals surface area contributed by atoms with E-state index in [1.54, 1.807) is 18.2 Å². The standard InChI is InChI=1S/C16H17N3O4S/c1-10-6-7-24-14(10)9-17-19-16(21)15(20)18-12-5-4-11(22-2)8-13(12)23-3/h4-9H,1-3H3,(H,18,20)(H,19,21). The summed E-state index contributed by atoms with van der Waals surface area (Å²) >= 11 is 1.49. The van der Waals surface area contributed by atoms with Crippen LogP contribution in [0.2, 0.25) is 0 Å². The molecule has 0 aliphatic carbocycles. The fraction of sp³-hybridized carbons (Fsp3) is 0.188. The topological polar surface area (TPSA) is 89.0 Å². The normalized spacial score (nSPS) is 10.5. The van der Waals surface area contributed by atoms with Gasteiger partial charge in [-0.3, -0.25) is 9.59 Å². The molecular weight excluding hydrogens is 330 g/mol. The molecule has 0 unspecified atom stereocenters. The van der Waals surface area contributed by atoms with Crippen molar-refractivity contribution in [3.63, 3.8) is 0 Å². The van der Waals surface area contributed by atoms with Gasteiger partial charge >= 0.3 is 11.8 Å². The van der Waals surface area contributed by atoms with Gasteiger partial charge in [0.1, 0.15) is 11.5 Å². The summed E-state index contributed by atoms with van der Waals surface area (Å²) in [5.74, 6) is -0.768. The van der Waals surface area contributed by atoms with E-state index in [4.69, 9.17) is 9.47 Å². The maximum atomic E-state index is 11.9. The van der Waals surface area contributed by atoms with Crippen LogP contribution in [0.3, 0.4) is 0 Å². The van der Waals surface area contributed by atoms with Crippen LogP contribution in [0.1, 0.15) is 10.4 Å². The molecule has 24 heavy (non-hydrogen) atoms. The fourth-order valence-corrected chi connectivity index (χ4v) is 2.58. The number of rotatable bonds is 5. The van der Waals surface area contributed by atoms with Gasteiger partial charge in [-0.1, -0.05) is 0 Å². The third kappa shape index (κ3) is 4.32. The predicted molar refractivity (Wildman–Crippen MR) is 93.0 cm³/mol. The van der Waals surface area contributed by atoms with Gasteiger partial charge in [-0.25, -0.2) is 5.43 Å². The number of carbonyl (C=O) groups excluding carboxylic acids is 2. The minimum atomic E-state index is -0.877. The Labute approximate surface area is 143 Å². The third-order valence-electron chi connectivity index (χ3n) is 3.11. The summed E-state index contributed by atoms with van der Waals surface area (Å²) in [6.45, 7) is 1.93. The SMILES string of the molecule is COc1ccc(NC(=O)C(=O)NN=Cc2sccc2C)c(OC)c1. The number of nitrogens with zero attached hydrogens (tertiary/aromatic N) is 1. The van der Waals surface area contributed by atoms with Crippen molar-refractivity contribution < 1.29 is 19.1 Å². The first-order valence-corrected chi connectivity index (χ1v) is 7.83. The zero-order chi connectivity index (χ0) is 17.5. The van der Waals surface area contributed by atoms with Crippen molar-refractivity contribution in [3.05, 3.63) is 40.1 Å². The molecule has 2 amide bonds. The van der Waals surface area contributed by atoms with E-state index in [-0.39, 0.29) is 0 Å². The molecule has 2 N–H and O–H groups in total. The van der Waals surface area contributed by atoms with Gasteiger partial charge in [0.05, 0.1) is 26.1 Å². The Hall–Kier alpha value is -2.87. The predicted octanol–water partition coefficient (Wildman–Crippen LogP) is 2.16. The quantitative estimate of drug-likeness (QED) is 0.493. The average molecular weight is 347 g/mol. The summed E-state index contributed by atoms with van der Waals surface area (Å²) in [4.78, 5) is 24.6. The van der Waals surface area contributed by atoms with Crippen molar-refractivity contribution in [2.45, 2.75) is 6.92 Å². The number of amides is 2. The van der Waals surface area contributed by atoms with Gasteiger partial charge in [-0.15, -0.1) is 11.3 Å². The first kappa shape index (κ1) is 17.5. The number of hydrazone groups is 1. The molecule has 0 saturated heterocycles. The Balaban J connectivity index is 1.98. The van der Waals surface area contributed by atoms with Crippen molar-refractivity contribution in [1.29, 1.82) is 0 Å². The van der Waals surface area contributed by atoms with Crippen molar-refractivity contribution in [2.75, 3.05) is 19.5 Å². The molecule has 0 radical (unpaired) electrons. The number of ether oxygens (including phenoxy) is 2. The summed E-state index contributed by atoms with van der Waals surface area (Å²) in [5, 5.41) is 8.16. The molecule has 126 valence electrons. The lowest BCUT2D eigenvalue weighted by molar-refractivity contribution is -0.136. The Bertz CT molecular complexity index is 770.